The van der Waals surface area contributed by atoms with Gasteiger partial charge in [-0.1, -0.05) is 42.1 Å². The van der Waals surface area contributed by atoms with E-state index in [1.165, 1.54) is 0 Å². The first-order valence-corrected chi connectivity index (χ1v) is 8.01. The fraction of sp³-hybridized carbons (Fsp3) is 0.500. The highest BCUT2D eigenvalue weighted by atomic mass is 35.5. The average Bonchev–Trinajstić information content (AvgIpc) is 2.75. The number of halogens is 1. The second kappa shape index (κ2) is 5.35. The van der Waals surface area contributed by atoms with Crippen molar-refractivity contribution in [1.29, 1.82) is 0 Å². The number of aliphatic imine (C=N–C) groups is 1. The summed E-state index contributed by atoms with van der Waals surface area (Å²) in [4.78, 5) is 6.60. The molecule has 1 fully saturated rings. The van der Waals surface area contributed by atoms with E-state index >= 15 is 0 Å². The molecule has 0 aliphatic carbocycles. The lowest BCUT2D eigenvalue weighted by atomic mass is 9.95. The molecule has 2 heterocycles. The van der Waals surface area contributed by atoms with Gasteiger partial charge in [-0.15, -0.1) is 11.6 Å². The predicted molar refractivity (Wildman–Crippen MR) is 80.7 cm³/mol. The lowest BCUT2D eigenvalue weighted by molar-refractivity contribution is -0.0726. The van der Waals surface area contributed by atoms with Crippen molar-refractivity contribution >= 4 is 28.5 Å². The Kier molecular flexibility index (Phi) is 3.74. The van der Waals surface area contributed by atoms with Crippen molar-refractivity contribution in [2.24, 2.45) is 4.99 Å². The molecule has 1 aromatic rings. The predicted octanol–water partition coefficient (Wildman–Crippen LogP) is 2.64. The largest absolute Gasteiger partial charge is 0.366 e. The lowest BCUT2D eigenvalue weighted by Crippen LogP contribution is -2.50. The lowest BCUT2D eigenvalue weighted by Gasteiger charge is -2.39. The summed E-state index contributed by atoms with van der Waals surface area (Å²) in [6.45, 7) is 1.72. The molecule has 1 aromatic carbocycles. The van der Waals surface area contributed by atoms with E-state index in [1.54, 1.807) is 11.8 Å². The van der Waals surface area contributed by atoms with Crippen LogP contribution in [0.25, 0.3) is 0 Å². The molecule has 0 aromatic heterocycles. The fourth-order valence-electron chi connectivity index (χ4n) is 2.77. The second-order valence-electron chi connectivity index (χ2n) is 4.85. The number of benzene rings is 1. The maximum Gasteiger partial charge on any atom is 0.178 e. The number of fused-ring (bicyclic) bond motifs is 1. The third-order valence-corrected chi connectivity index (χ3v) is 5.32. The van der Waals surface area contributed by atoms with E-state index in [0.717, 1.165) is 36.7 Å². The summed E-state index contributed by atoms with van der Waals surface area (Å²) in [6.07, 6.45) is 1.76. The summed E-state index contributed by atoms with van der Waals surface area (Å²) in [6, 6.07) is 9.87. The molecule has 2 aliphatic heterocycles. The van der Waals surface area contributed by atoms with Crippen LogP contribution in [-0.4, -0.2) is 39.4 Å². The molecule has 19 heavy (non-hydrogen) atoms. The van der Waals surface area contributed by atoms with Crippen molar-refractivity contribution < 1.29 is 5.11 Å². The molecule has 3 nitrogen and oxygen atoms in total. The Morgan fingerprint density at radius 3 is 2.95 bits per heavy atom. The van der Waals surface area contributed by atoms with E-state index in [0.29, 0.717) is 5.88 Å². The SMILES string of the molecule is O[C@@]1(c2ccccc2)[C@H](CCCl)SC2=NCCCN21. The number of aliphatic hydroxyl groups is 1. The van der Waals surface area contributed by atoms with Crippen LogP contribution in [-0.2, 0) is 5.72 Å². The highest BCUT2D eigenvalue weighted by Gasteiger charge is 2.52. The Morgan fingerprint density at radius 1 is 1.42 bits per heavy atom. The topological polar surface area (TPSA) is 35.8 Å². The minimum absolute atomic E-state index is 0.0456. The van der Waals surface area contributed by atoms with Crippen molar-refractivity contribution in [3.8, 4) is 0 Å². The maximum absolute atomic E-state index is 11.3. The smallest absolute Gasteiger partial charge is 0.178 e. The van der Waals surface area contributed by atoms with Crippen molar-refractivity contribution in [1.82, 2.24) is 4.90 Å². The number of hydrogen-bond acceptors (Lipinski definition) is 4. The molecule has 0 radical (unpaired) electrons. The fourth-order valence-corrected chi connectivity index (χ4v) is 4.56. The molecule has 0 saturated carbocycles. The summed E-state index contributed by atoms with van der Waals surface area (Å²) in [5.74, 6) is 0.550. The first kappa shape index (κ1) is 13.3. The van der Waals surface area contributed by atoms with Gasteiger partial charge in [0.1, 0.15) is 0 Å². The molecule has 102 valence electrons. The van der Waals surface area contributed by atoms with Crippen LogP contribution < -0.4 is 0 Å². The minimum atomic E-state index is -0.972. The van der Waals surface area contributed by atoms with E-state index in [1.807, 2.05) is 35.2 Å². The molecular weight excluding hydrogens is 280 g/mol. The number of hydrogen-bond donors (Lipinski definition) is 1. The van der Waals surface area contributed by atoms with Gasteiger partial charge in [0.05, 0.1) is 5.25 Å². The maximum atomic E-state index is 11.3. The van der Waals surface area contributed by atoms with Gasteiger partial charge in [-0.25, -0.2) is 0 Å². The molecule has 2 aliphatic rings. The van der Waals surface area contributed by atoms with Gasteiger partial charge in [-0.2, -0.15) is 0 Å². The minimum Gasteiger partial charge on any atom is -0.366 e. The zero-order valence-electron chi connectivity index (χ0n) is 10.6. The Morgan fingerprint density at radius 2 is 2.21 bits per heavy atom. The zero-order chi connectivity index (χ0) is 13.3. The zero-order valence-corrected chi connectivity index (χ0v) is 12.2. The number of nitrogens with zero attached hydrogens (tertiary/aromatic N) is 2. The van der Waals surface area contributed by atoms with E-state index in [4.69, 9.17) is 11.6 Å². The molecule has 3 rings (SSSR count). The molecule has 0 bridgehead atoms. The standard InChI is InChI=1S/C14H17ClN2OS/c15-8-7-12-14(18,11-5-2-1-3-6-11)17-10-4-9-16-13(17)19-12/h1-3,5-6,12,18H,4,7-10H2/t12-,14-/m0/s1. The van der Waals surface area contributed by atoms with Gasteiger partial charge >= 0.3 is 0 Å². The van der Waals surface area contributed by atoms with Crippen molar-refractivity contribution in [3.05, 3.63) is 35.9 Å². The number of amidine groups is 1. The first-order chi connectivity index (χ1) is 9.26. The van der Waals surface area contributed by atoms with Crippen LogP contribution in [0.15, 0.2) is 35.3 Å². The Balaban J connectivity index is 2.03. The van der Waals surface area contributed by atoms with Crippen LogP contribution in [0.1, 0.15) is 18.4 Å². The molecular formula is C14H17ClN2OS. The van der Waals surface area contributed by atoms with Crippen LogP contribution >= 0.6 is 23.4 Å². The van der Waals surface area contributed by atoms with Gasteiger partial charge in [0.25, 0.3) is 0 Å². The quantitative estimate of drug-likeness (QED) is 0.871. The van der Waals surface area contributed by atoms with Crippen molar-refractivity contribution in [3.63, 3.8) is 0 Å². The van der Waals surface area contributed by atoms with E-state index in [2.05, 4.69) is 4.99 Å². The monoisotopic (exact) mass is 296 g/mol. The average molecular weight is 297 g/mol. The highest BCUT2D eigenvalue weighted by molar-refractivity contribution is 8.14. The Labute approximate surface area is 122 Å². The van der Waals surface area contributed by atoms with Crippen molar-refractivity contribution in [2.45, 2.75) is 23.8 Å². The Bertz CT molecular complexity index is 482. The van der Waals surface area contributed by atoms with Gasteiger partial charge < -0.3 is 10.0 Å². The van der Waals surface area contributed by atoms with E-state index in [-0.39, 0.29) is 5.25 Å². The van der Waals surface area contributed by atoms with E-state index in [9.17, 15) is 5.11 Å². The van der Waals surface area contributed by atoms with Crippen molar-refractivity contribution in [2.75, 3.05) is 19.0 Å². The molecule has 0 spiro atoms. The van der Waals surface area contributed by atoms with Gasteiger partial charge in [-0.05, 0) is 12.8 Å². The van der Waals surface area contributed by atoms with E-state index < -0.39 is 5.72 Å². The van der Waals surface area contributed by atoms with Crippen LogP contribution in [0.2, 0.25) is 0 Å². The number of rotatable bonds is 3. The third kappa shape index (κ3) is 2.16. The Hall–Kier alpha value is -0.710. The van der Waals surface area contributed by atoms with Gasteiger partial charge in [0, 0.05) is 24.5 Å². The molecule has 0 unspecified atom stereocenters. The highest BCUT2D eigenvalue weighted by Crippen LogP contribution is 2.47. The first-order valence-electron chi connectivity index (χ1n) is 6.59. The van der Waals surface area contributed by atoms with Crippen LogP contribution in [0.4, 0.5) is 0 Å². The number of thioether (sulfide) groups is 1. The summed E-state index contributed by atoms with van der Waals surface area (Å²) in [5.41, 5.74) is -0.0372. The molecule has 1 saturated heterocycles. The van der Waals surface area contributed by atoms with Gasteiger partial charge in [0.15, 0.2) is 10.9 Å². The third-order valence-electron chi connectivity index (χ3n) is 3.70. The van der Waals surface area contributed by atoms with Crippen LogP contribution in [0.3, 0.4) is 0 Å². The van der Waals surface area contributed by atoms with Gasteiger partial charge in [0.2, 0.25) is 0 Å². The summed E-state index contributed by atoms with van der Waals surface area (Å²) < 4.78 is 0. The summed E-state index contributed by atoms with van der Waals surface area (Å²) >= 11 is 7.57. The van der Waals surface area contributed by atoms with Gasteiger partial charge in [-0.3, -0.25) is 4.99 Å². The molecule has 1 N–H and O–H groups in total. The van der Waals surface area contributed by atoms with Crippen LogP contribution in [0.5, 0.6) is 0 Å². The number of alkyl halides is 1. The molecule has 0 amide bonds. The summed E-state index contributed by atoms with van der Waals surface area (Å²) in [5, 5.41) is 12.3. The van der Waals surface area contributed by atoms with Crippen LogP contribution in [0, 0.1) is 0 Å². The normalized spacial score (nSPS) is 30.1. The summed E-state index contributed by atoms with van der Waals surface area (Å²) in [7, 11) is 0. The second-order valence-corrected chi connectivity index (χ2v) is 6.39. The molecule has 5 heteroatoms. The molecule has 2 atom stereocenters.